The van der Waals surface area contributed by atoms with Gasteiger partial charge in [0.1, 0.15) is 24.3 Å². The SMILES string of the molecule is COC(=O)C1CCN(CC(O)COc2cccc(CNCc3ccc(F)cc3)c2)CC1. The van der Waals surface area contributed by atoms with E-state index in [9.17, 15) is 14.3 Å². The number of hydrogen-bond acceptors (Lipinski definition) is 6. The molecule has 0 saturated carbocycles. The number of likely N-dealkylation sites (tertiary alicyclic amines) is 1. The van der Waals surface area contributed by atoms with Crippen LogP contribution >= 0.6 is 0 Å². The summed E-state index contributed by atoms with van der Waals surface area (Å²) in [6.45, 7) is 3.58. The number of benzene rings is 2. The largest absolute Gasteiger partial charge is 0.491 e. The quantitative estimate of drug-likeness (QED) is 0.565. The normalized spacial score (nSPS) is 16.1. The molecule has 1 heterocycles. The van der Waals surface area contributed by atoms with Gasteiger partial charge in [0.25, 0.3) is 0 Å². The molecule has 0 amide bonds. The van der Waals surface area contributed by atoms with Crippen molar-refractivity contribution in [2.75, 3.05) is 33.4 Å². The highest BCUT2D eigenvalue weighted by Crippen LogP contribution is 2.19. The minimum Gasteiger partial charge on any atom is -0.491 e. The van der Waals surface area contributed by atoms with Crippen molar-refractivity contribution in [2.24, 2.45) is 5.92 Å². The van der Waals surface area contributed by atoms with Crippen LogP contribution in [0.15, 0.2) is 48.5 Å². The molecule has 3 rings (SSSR count). The summed E-state index contributed by atoms with van der Waals surface area (Å²) < 4.78 is 23.6. The van der Waals surface area contributed by atoms with Crippen LogP contribution in [0.4, 0.5) is 4.39 Å². The molecule has 2 N–H and O–H groups in total. The molecule has 1 atom stereocenters. The van der Waals surface area contributed by atoms with Gasteiger partial charge in [0, 0.05) is 19.6 Å². The highest BCUT2D eigenvalue weighted by atomic mass is 19.1. The van der Waals surface area contributed by atoms with Crippen LogP contribution in [0.1, 0.15) is 24.0 Å². The van der Waals surface area contributed by atoms with Gasteiger partial charge >= 0.3 is 5.97 Å². The fourth-order valence-electron chi connectivity index (χ4n) is 3.76. The van der Waals surface area contributed by atoms with Gasteiger partial charge < -0.3 is 24.8 Å². The average Bonchev–Trinajstić information content (AvgIpc) is 2.79. The summed E-state index contributed by atoms with van der Waals surface area (Å²) in [5.41, 5.74) is 2.09. The number of aliphatic hydroxyl groups is 1. The van der Waals surface area contributed by atoms with E-state index in [1.54, 1.807) is 12.1 Å². The van der Waals surface area contributed by atoms with E-state index in [-0.39, 0.29) is 24.3 Å². The lowest BCUT2D eigenvalue weighted by Crippen LogP contribution is -2.42. The molecule has 1 aliphatic rings. The van der Waals surface area contributed by atoms with E-state index in [0.717, 1.165) is 37.1 Å². The first kappa shape index (κ1) is 23.2. The van der Waals surface area contributed by atoms with Gasteiger partial charge in [-0.2, -0.15) is 0 Å². The third-order valence-corrected chi connectivity index (χ3v) is 5.50. The molecule has 2 aromatic carbocycles. The number of methoxy groups -OCH3 is 1. The van der Waals surface area contributed by atoms with E-state index < -0.39 is 6.10 Å². The molecular weight excluding hydrogens is 399 g/mol. The number of rotatable bonds is 10. The van der Waals surface area contributed by atoms with Crippen LogP contribution in [0, 0.1) is 11.7 Å². The van der Waals surface area contributed by atoms with Crippen molar-refractivity contribution in [3.8, 4) is 5.75 Å². The molecule has 1 saturated heterocycles. The molecule has 7 heteroatoms. The predicted octanol–water partition coefficient (Wildman–Crippen LogP) is 2.74. The van der Waals surface area contributed by atoms with Gasteiger partial charge in [-0.15, -0.1) is 0 Å². The molecule has 0 aliphatic carbocycles. The summed E-state index contributed by atoms with van der Waals surface area (Å²) >= 11 is 0. The van der Waals surface area contributed by atoms with E-state index in [1.807, 2.05) is 24.3 Å². The Labute approximate surface area is 183 Å². The number of carbonyl (C=O) groups is 1. The number of esters is 1. The molecule has 0 spiro atoms. The van der Waals surface area contributed by atoms with Crippen molar-refractivity contribution < 1.29 is 23.8 Å². The van der Waals surface area contributed by atoms with Crippen LogP contribution < -0.4 is 10.1 Å². The summed E-state index contributed by atoms with van der Waals surface area (Å²) in [6, 6.07) is 14.2. The molecule has 168 valence electrons. The van der Waals surface area contributed by atoms with Gasteiger partial charge in [-0.3, -0.25) is 4.79 Å². The maximum atomic E-state index is 13.0. The predicted molar refractivity (Wildman–Crippen MR) is 116 cm³/mol. The second kappa shape index (κ2) is 11.8. The lowest BCUT2D eigenvalue weighted by atomic mass is 9.97. The van der Waals surface area contributed by atoms with Crippen molar-refractivity contribution >= 4 is 5.97 Å². The highest BCUT2D eigenvalue weighted by Gasteiger charge is 2.26. The molecule has 6 nitrogen and oxygen atoms in total. The van der Waals surface area contributed by atoms with Crippen LogP contribution in [0.5, 0.6) is 5.75 Å². The number of halogens is 1. The van der Waals surface area contributed by atoms with E-state index in [1.165, 1.54) is 19.2 Å². The summed E-state index contributed by atoms with van der Waals surface area (Å²) in [7, 11) is 1.42. The zero-order valence-electron chi connectivity index (χ0n) is 17.9. The average molecular weight is 431 g/mol. The Morgan fingerprint density at radius 1 is 1.16 bits per heavy atom. The van der Waals surface area contributed by atoms with Crippen LogP contribution in [0.2, 0.25) is 0 Å². The number of hydrogen-bond donors (Lipinski definition) is 2. The lowest BCUT2D eigenvalue weighted by Gasteiger charge is -2.31. The number of piperidine rings is 1. The Kier molecular flexibility index (Phi) is 8.82. The standard InChI is InChI=1S/C24H31FN2O4/c1-30-24(29)20-9-11-27(12-10-20)16-22(28)17-31-23-4-2-3-19(13-23)15-26-14-18-5-7-21(25)8-6-18/h2-8,13,20,22,26,28H,9-12,14-17H2,1H3. The van der Waals surface area contributed by atoms with E-state index in [2.05, 4.69) is 10.2 Å². The monoisotopic (exact) mass is 430 g/mol. The van der Waals surface area contributed by atoms with Crippen molar-refractivity contribution in [2.45, 2.75) is 32.0 Å². The molecule has 1 aliphatic heterocycles. The minimum atomic E-state index is -0.602. The highest BCUT2D eigenvalue weighted by molar-refractivity contribution is 5.72. The van der Waals surface area contributed by atoms with E-state index in [4.69, 9.17) is 9.47 Å². The third-order valence-electron chi connectivity index (χ3n) is 5.50. The van der Waals surface area contributed by atoms with Crippen LogP contribution in [-0.2, 0) is 22.6 Å². The molecule has 0 aromatic heterocycles. The van der Waals surface area contributed by atoms with Crippen molar-refractivity contribution in [3.63, 3.8) is 0 Å². The first-order valence-corrected chi connectivity index (χ1v) is 10.7. The second-order valence-corrected chi connectivity index (χ2v) is 7.94. The maximum Gasteiger partial charge on any atom is 0.308 e. The van der Waals surface area contributed by atoms with E-state index >= 15 is 0 Å². The number of carbonyl (C=O) groups excluding carboxylic acids is 1. The summed E-state index contributed by atoms with van der Waals surface area (Å²) in [5.74, 6) is 0.301. The fourth-order valence-corrected chi connectivity index (χ4v) is 3.76. The van der Waals surface area contributed by atoms with Crippen molar-refractivity contribution in [3.05, 3.63) is 65.5 Å². The molecule has 0 bridgehead atoms. The first-order valence-electron chi connectivity index (χ1n) is 10.7. The molecule has 1 fully saturated rings. The maximum absolute atomic E-state index is 13.0. The third kappa shape index (κ3) is 7.61. The Morgan fingerprint density at radius 2 is 1.87 bits per heavy atom. The van der Waals surface area contributed by atoms with Gasteiger partial charge in [0.05, 0.1) is 13.0 Å². The smallest absolute Gasteiger partial charge is 0.308 e. The van der Waals surface area contributed by atoms with Crippen LogP contribution in [0.25, 0.3) is 0 Å². The van der Waals surface area contributed by atoms with Gasteiger partial charge in [-0.1, -0.05) is 24.3 Å². The number of ether oxygens (including phenoxy) is 2. The number of nitrogens with one attached hydrogen (secondary N) is 1. The molecule has 0 radical (unpaired) electrons. The number of β-amino-alcohol motifs (C(OH)–C–C–N with tert-alkyl or cyclic N) is 1. The first-order chi connectivity index (χ1) is 15.0. The molecule has 2 aromatic rings. The van der Waals surface area contributed by atoms with Gasteiger partial charge in [0.2, 0.25) is 0 Å². The van der Waals surface area contributed by atoms with Crippen LogP contribution in [0.3, 0.4) is 0 Å². The van der Waals surface area contributed by atoms with Crippen molar-refractivity contribution in [1.82, 2.24) is 10.2 Å². The van der Waals surface area contributed by atoms with Gasteiger partial charge in [-0.05, 0) is 61.3 Å². The number of nitrogens with zero attached hydrogens (tertiary/aromatic N) is 1. The zero-order valence-corrected chi connectivity index (χ0v) is 17.9. The van der Waals surface area contributed by atoms with Gasteiger partial charge in [-0.25, -0.2) is 4.39 Å². The summed E-state index contributed by atoms with van der Waals surface area (Å²) in [4.78, 5) is 13.8. The molecule has 1 unspecified atom stereocenters. The number of aliphatic hydroxyl groups excluding tert-OH is 1. The lowest BCUT2D eigenvalue weighted by molar-refractivity contribution is -0.147. The summed E-state index contributed by atoms with van der Waals surface area (Å²) in [6.07, 6.45) is 0.912. The topological polar surface area (TPSA) is 71.0 Å². The minimum absolute atomic E-state index is 0.0333. The van der Waals surface area contributed by atoms with Gasteiger partial charge in [0.15, 0.2) is 0 Å². The Hall–Kier alpha value is -2.48. The Morgan fingerprint density at radius 3 is 2.58 bits per heavy atom. The van der Waals surface area contributed by atoms with Crippen LogP contribution in [-0.4, -0.2) is 55.4 Å². The van der Waals surface area contributed by atoms with E-state index in [0.29, 0.717) is 25.4 Å². The summed E-state index contributed by atoms with van der Waals surface area (Å²) in [5, 5.41) is 13.7. The zero-order chi connectivity index (χ0) is 22.1. The Balaban J connectivity index is 1.37. The fraction of sp³-hybridized carbons (Fsp3) is 0.458. The molecular formula is C24H31FN2O4. The Bertz CT molecular complexity index is 823. The van der Waals surface area contributed by atoms with Crippen molar-refractivity contribution in [1.29, 1.82) is 0 Å². The molecule has 31 heavy (non-hydrogen) atoms. The second-order valence-electron chi connectivity index (χ2n) is 7.94.